The summed E-state index contributed by atoms with van der Waals surface area (Å²) in [5.74, 6) is 0.218. The third kappa shape index (κ3) is 3.35. The van der Waals surface area contributed by atoms with Crippen molar-refractivity contribution in [3.63, 3.8) is 0 Å². The molecule has 0 N–H and O–H groups in total. The van der Waals surface area contributed by atoms with Gasteiger partial charge in [-0.15, -0.1) is 0 Å². The Hall–Kier alpha value is -2.95. The molecule has 1 fully saturated rings. The lowest BCUT2D eigenvalue weighted by atomic mass is 9.89. The number of rotatable bonds is 3. The lowest BCUT2D eigenvalue weighted by Gasteiger charge is -2.31. The van der Waals surface area contributed by atoms with Crippen LogP contribution in [-0.2, 0) is 12.8 Å². The first-order chi connectivity index (χ1) is 14.2. The first kappa shape index (κ1) is 18.1. The third-order valence-electron chi connectivity index (χ3n) is 6.27. The number of hydrogen-bond acceptors (Lipinski definition) is 4. The van der Waals surface area contributed by atoms with Crippen molar-refractivity contribution >= 4 is 22.5 Å². The molecule has 0 spiro atoms. The molecular formula is C24H24N2O3. The van der Waals surface area contributed by atoms with Crippen LogP contribution in [0.25, 0.3) is 10.8 Å². The average molecular weight is 388 g/mol. The van der Waals surface area contributed by atoms with Gasteiger partial charge >= 0.3 is 0 Å². The van der Waals surface area contributed by atoms with Crippen LogP contribution in [0.5, 0.6) is 0 Å². The second kappa shape index (κ2) is 7.47. The molecule has 1 unspecified atom stereocenters. The molecule has 148 valence electrons. The number of fused-ring (bicyclic) bond motifs is 2. The van der Waals surface area contributed by atoms with Crippen molar-refractivity contribution in [1.29, 1.82) is 0 Å². The first-order valence-corrected chi connectivity index (χ1v) is 10.5. The predicted molar refractivity (Wildman–Crippen MR) is 110 cm³/mol. The van der Waals surface area contributed by atoms with Crippen molar-refractivity contribution in [3.8, 4) is 0 Å². The van der Waals surface area contributed by atoms with E-state index >= 15 is 0 Å². The molecule has 1 atom stereocenters. The molecule has 29 heavy (non-hydrogen) atoms. The number of carbonyl (C=O) groups is 2. The quantitative estimate of drug-likeness (QED) is 0.622. The lowest BCUT2D eigenvalue weighted by Crippen LogP contribution is -2.42. The molecule has 0 radical (unpaired) electrons. The Morgan fingerprint density at radius 1 is 1.00 bits per heavy atom. The van der Waals surface area contributed by atoms with E-state index in [1.165, 1.54) is 0 Å². The molecule has 3 aromatic rings. The van der Waals surface area contributed by atoms with Gasteiger partial charge in [0, 0.05) is 30.1 Å². The predicted octanol–water partition coefficient (Wildman–Crippen LogP) is 4.44. The van der Waals surface area contributed by atoms with Crippen LogP contribution >= 0.6 is 0 Å². The van der Waals surface area contributed by atoms with Crippen LogP contribution in [0.4, 0.5) is 0 Å². The highest BCUT2D eigenvalue weighted by Crippen LogP contribution is 2.28. The molecule has 1 aromatic heterocycles. The number of benzene rings is 2. The van der Waals surface area contributed by atoms with E-state index in [1.54, 1.807) is 4.90 Å². The minimum absolute atomic E-state index is 0.114. The summed E-state index contributed by atoms with van der Waals surface area (Å²) in [6.07, 6.45) is 5.54. The minimum atomic E-state index is -0.174. The normalized spacial score (nSPS) is 19.2. The number of ketones is 1. The zero-order chi connectivity index (χ0) is 19.8. The Bertz CT molecular complexity index is 1080. The van der Waals surface area contributed by atoms with E-state index in [-0.39, 0.29) is 17.6 Å². The summed E-state index contributed by atoms with van der Waals surface area (Å²) in [5.41, 5.74) is 2.63. The number of piperidine rings is 1. The van der Waals surface area contributed by atoms with Gasteiger partial charge < -0.3 is 9.42 Å². The van der Waals surface area contributed by atoms with E-state index in [0.717, 1.165) is 66.1 Å². The van der Waals surface area contributed by atoms with Gasteiger partial charge in [0.15, 0.2) is 5.78 Å². The molecule has 1 aliphatic heterocycles. The Balaban J connectivity index is 1.35. The van der Waals surface area contributed by atoms with Gasteiger partial charge in [-0.1, -0.05) is 41.6 Å². The number of aryl methyl sites for hydroxylation is 1. The smallest absolute Gasteiger partial charge is 0.292 e. The number of carbonyl (C=O) groups excluding carboxylic acids is 2. The second-order valence-electron chi connectivity index (χ2n) is 8.16. The van der Waals surface area contributed by atoms with Gasteiger partial charge in [-0.05, 0) is 55.4 Å². The molecule has 5 heteroatoms. The number of likely N-dealkylation sites (tertiary alicyclic amines) is 1. The molecule has 0 bridgehead atoms. The molecular weight excluding hydrogens is 364 g/mol. The maximum atomic E-state index is 13.2. The fraction of sp³-hybridized carbons (Fsp3) is 0.375. The molecule has 0 saturated carbocycles. The van der Waals surface area contributed by atoms with Crippen molar-refractivity contribution < 1.29 is 14.1 Å². The summed E-state index contributed by atoms with van der Waals surface area (Å²) in [5, 5.41) is 6.30. The van der Waals surface area contributed by atoms with Crippen LogP contribution in [0, 0.1) is 5.92 Å². The van der Waals surface area contributed by atoms with E-state index in [4.69, 9.17) is 4.52 Å². The van der Waals surface area contributed by atoms with Crippen LogP contribution in [0.15, 0.2) is 47.0 Å². The Kier molecular flexibility index (Phi) is 4.66. The van der Waals surface area contributed by atoms with Crippen LogP contribution in [0.1, 0.15) is 57.9 Å². The number of aromatic nitrogens is 1. The molecule has 2 aliphatic rings. The van der Waals surface area contributed by atoms with Gasteiger partial charge in [0.05, 0.1) is 5.69 Å². The Labute approximate surface area is 169 Å². The van der Waals surface area contributed by atoms with E-state index in [2.05, 4.69) is 5.16 Å². The van der Waals surface area contributed by atoms with E-state index in [0.29, 0.717) is 18.8 Å². The van der Waals surface area contributed by atoms with Gasteiger partial charge in [-0.25, -0.2) is 0 Å². The maximum absolute atomic E-state index is 13.2. The number of nitrogens with zero attached hydrogens (tertiary/aromatic N) is 2. The van der Waals surface area contributed by atoms with Crippen LogP contribution < -0.4 is 0 Å². The molecule has 1 amide bonds. The fourth-order valence-corrected chi connectivity index (χ4v) is 4.66. The highest BCUT2D eigenvalue weighted by molar-refractivity contribution is 6.02. The SMILES string of the molecule is O=C(c1ccc2ccccc2c1)C1CCCN(C(=O)c2onc3c2CCCC3)C1. The molecule has 2 heterocycles. The van der Waals surface area contributed by atoms with Gasteiger partial charge in [0.25, 0.3) is 5.91 Å². The lowest BCUT2D eigenvalue weighted by molar-refractivity contribution is 0.0601. The number of Topliss-reactive ketones (excluding diaryl/α,β-unsaturated/α-hetero) is 1. The summed E-state index contributed by atoms with van der Waals surface area (Å²) in [6, 6.07) is 13.9. The minimum Gasteiger partial charge on any atom is -0.350 e. The zero-order valence-corrected chi connectivity index (χ0v) is 16.4. The van der Waals surface area contributed by atoms with Crippen LogP contribution in [0.3, 0.4) is 0 Å². The van der Waals surface area contributed by atoms with Gasteiger partial charge in [0.2, 0.25) is 5.76 Å². The highest BCUT2D eigenvalue weighted by Gasteiger charge is 2.33. The Morgan fingerprint density at radius 2 is 1.83 bits per heavy atom. The molecule has 5 rings (SSSR count). The van der Waals surface area contributed by atoms with E-state index in [9.17, 15) is 9.59 Å². The molecule has 5 nitrogen and oxygen atoms in total. The second-order valence-corrected chi connectivity index (χ2v) is 8.16. The van der Waals surface area contributed by atoms with Crippen molar-refractivity contribution in [2.75, 3.05) is 13.1 Å². The summed E-state index contributed by atoms with van der Waals surface area (Å²) in [4.78, 5) is 28.0. The van der Waals surface area contributed by atoms with E-state index in [1.807, 2.05) is 42.5 Å². The molecule has 1 saturated heterocycles. The van der Waals surface area contributed by atoms with Gasteiger partial charge in [-0.2, -0.15) is 0 Å². The van der Waals surface area contributed by atoms with E-state index < -0.39 is 0 Å². The average Bonchev–Trinajstić information content (AvgIpc) is 3.22. The Morgan fingerprint density at radius 3 is 2.72 bits per heavy atom. The van der Waals surface area contributed by atoms with Crippen molar-refractivity contribution in [2.24, 2.45) is 5.92 Å². The standard InChI is InChI=1S/C24H24N2O3/c27-22(18-12-11-16-6-1-2-7-17(16)14-18)19-8-5-13-26(15-19)24(28)23-20-9-3-4-10-21(20)25-29-23/h1-2,6-7,11-12,14,19H,3-5,8-10,13,15H2. The summed E-state index contributed by atoms with van der Waals surface area (Å²) in [7, 11) is 0. The topological polar surface area (TPSA) is 63.4 Å². The molecule has 2 aromatic carbocycles. The summed E-state index contributed by atoms with van der Waals surface area (Å²) < 4.78 is 5.44. The van der Waals surface area contributed by atoms with Crippen molar-refractivity contribution in [1.82, 2.24) is 10.1 Å². The van der Waals surface area contributed by atoms with Gasteiger partial charge in [0.1, 0.15) is 0 Å². The summed E-state index contributed by atoms with van der Waals surface area (Å²) in [6.45, 7) is 1.11. The monoisotopic (exact) mass is 388 g/mol. The summed E-state index contributed by atoms with van der Waals surface area (Å²) >= 11 is 0. The van der Waals surface area contributed by atoms with Gasteiger partial charge in [-0.3, -0.25) is 9.59 Å². The first-order valence-electron chi connectivity index (χ1n) is 10.5. The van der Waals surface area contributed by atoms with Crippen LogP contribution in [0.2, 0.25) is 0 Å². The number of hydrogen-bond donors (Lipinski definition) is 0. The van der Waals surface area contributed by atoms with Crippen molar-refractivity contribution in [3.05, 3.63) is 65.0 Å². The van der Waals surface area contributed by atoms with Crippen molar-refractivity contribution in [2.45, 2.75) is 38.5 Å². The largest absolute Gasteiger partial charge is 0.350 e. The molecule has 1 aliphatic carbocycles. The fourth-order valence-electron chi connectivity index (χ4n) is 4.66. The third-order valence-corrected chi connectivity index (χ3v) is 6.27. The number of amides is 1. The zero-order valence-electron chi connectivity index (χ0n) is 16.4. The highest BCUT2D eigenvalue weighted by atomic mass is 16.5. The van der Waals surface area contributed by atoms with Crippen LogP contribution in [-0.4, -0.2) is 34.8 Å². The maximum Gasteiger partial charge on any atom is 0.292 e.